The van der Waals surface area contributed by atoms with Gasteiger partial charge in [0.2, 0.25) is 0 Å². The van der Waals surface area contributed by atoms with Gasteiger partial charge in [0, 0.05) is 24.2 Å². The van der Waals surface area contributed by atoms with Gasteiger partial charge in [0.05, 0.1) is 5.69 Å². The maximum atomic E-state index is 6.18. The highest BCUT2D eigenvalue weighted by atomic mass is 35.5. The fourth-order valence-corrected chi connectivity index (χ4v) is 2.42. The highest BCUT2D eigenvalue weighted by Crippen LogP contribution is 2.15. The molecule has 130 valence electrons. The van der Waals surface area contributed by atoms with Gasteiger partial charge in [-0.1, -0.05) is 48.8 Å². The van der Waals surface area contributed by atoms with E-state index in [1.165, 1.54) is 0 Å². The number of rotatable bonds is 7. The van der Waals surface area contributed by atoms with E-state index in [2.05, 4.69) is 34.6 Å². The van der Waals surface area contributed by atoms with E-state index in [1.807, 2.05) is 37.3 Å². The van der Waals surface area contributed by atoms with Crippen LogP contribution in [0.4, 0.5) is 0 Å². The van der Waals surface area contributed by atoms with Gasteiger partial charge in [-0.25, -0.2) is 4.99 Å². The van der Waals surface area contributed by atoms with E-state index in [1.54, 1.807) is 0 Å². The summed E-state index contributed by atoms with van der Waals surface area (Å²) >= 11 is 6.18. The van der Waals surface area contributed by atoms with Crippen LogP contribution in [0.2, 0.25) is 5.02 Å². The molecule has 2 aromatic rings. The molecule has 0 saturated carbocycles. The molecule has 1 aromatic heterocycles. The Labute approximate surface area is 148 Å². The average Bonchev–Trinajstić information content (AvgIpc) is 3.03. The van der Waals surface area contributed by atoms with Gasteiger partial charge in [-0.15, -0.1) is 0 Å². The lowest BCUT2D eigenvalue weighted by Gasteiger charge is -2.11. The number of halogens is 1. The van der Waals surface area contributed by atoms with E-state index >= 15 is 0 Å². The van der Waals surface area contributed by atoms with E-state index in [0.29, 0.717) is 12.5 Å². The van der Waals surface area contributed by atoms with E-state index in [4.69, 9.17) is 16.1 Å². The number of nitrogens with one attached hydrogen (secondary N) is 2. The van der Waals surface area contributed by atoms with Crippen LogP contribution in [0, 0.1) is 0 Å². The van der Waals surface area contributed by atoms with E-state index in [-0.39, 0.29) is 0 Å². The van der Waals surface area contributed by atoms with E-state index in [0.717, 1.165) is 47.5 Å². The normalized spacial score (nSPS) is 11.8. The first-order chi connectivity index (χ1) is 11.6. The molecule has 0 amide bonds. The van der Waals surface area contributed by atoms with Crippen molar-refractivity contribution in [1.82, 2.24) is 15.8 Å². The quantitative estimate of drug-likeness (QED) is 0.591. The summed E-state index contributed by atoms with van der Waals surface area (Å²) in [4.78, 5) is 4.54. The fraction of sp³-hybridized carbons (Fsp3) is 0.444. The zero-order valence-corrected chi connectivity index (χ0v) is 15.2. The van der Waals surface area contributed by atoms with Gasteiger partial charge in [-0.2, -0.15) is 0 Å². The topological polar surface area (TPSA) is 62.5 Å². The Hall–Kier alpha value is -2.01. The molecule has 5 nitrogen and oxygen atoms in total. The summed E-state index contributed by atoms with van der Waals surface area (Å²) in [5.41, 5.74) is 2.08. The van der Waals surface area contributed by atoms with E-state index < -0.39 is 0 Å². The van der Waals surface area contributed by atoms with Crippen molar-refractivity contribution in [2.24, 2.45) is 4.99 Å². The Morgan fingerprint density at radius 2 is 2.08 bits per heavy atom. The third kappa shape index (κ3) is 5.57. The molecular formula is C18H25ClN4O. The second-order valence-corrected chi connectivity index (χ2v) is 6.24. The summed E-state index contributed by atoms with van der Waals surface area (Å²) < 4.78 is 5.31. The van der Waals surface area contributed by atoms with Gasteiger partial charge < -0.3 is 15.2 Å². The van der Waals surface area contributed by atoms with Crippen molar-refractivity contribution in [1.29, 1.82) is 0 Å². The highest BCUT2D eigenvalue weighted by molar-refractivity contribution is 6.31. The zero-order chi connectivity index (χ0) is 17.4. The molecule has 0 aliphatic heterocycles. The van der Waals surface area contributed by atoms with Crippen molar-refractivity contribution in [3.8, 4) is 0 Å². The molecule has 24 heavy (non-hydrogen) atoms. The van der Waals surface area contributed by atoms with Gasteiger partial charge in [0.25, 0.3) is 0 Å². The number of guanidine groups is 1. The van der Waals surface area contributed by atoms with Crippen LogP contribution in [0.15, 0.2) is 39.8 Å². The zero-order valence-electron chi connectivity index (χ0n) is 14.5. The molecule has 6 heteroatoms. The predicted octanol–water partition coefficient (Wildman–Crippen LogP) is 3.75. The molecule has 1 heterocycles. The van der Waals surface area contributed by atoms with Crippen LogP contribution in [0.5, 0.6) is 0 Å². The molecule has 2 rings (SSSR count). The van der Waals surface area contributed by atoms with Crippen LogP contribution < -0.4 is 10.6 Å². The molecule has 0 spiro atoms. The molecule has 0 unspecified atom stereocenters. The lowest BCUT2D eigenvalue weighted by molar-refractivity contribution is 0.376. The minimum atomic E-state index is 0.355. The Balaban J connectivity index is 1.89. The predicted molar refractivity (Wildman–Crippen MR) is 98.6 cm³/mol. The highest BCUT2D eigenvalue weighted by Gasteiger charge is 2.07. The van der Waals surface area contributed by atoms with Gasteiger partial charge in [-0.05, 0) is 30.9 Å². The molecule has 1 aromatic carbocycles. The summed E-state index contributed by atoms with van der Waals surface area (Å²) in [5, 5.41) is 11.4. The first-order valence-electron chi connectivity index (χ1n) is 8.31. The average molecular weight is 349 g/mol. The smallest absolute Gasteiger partial charge is 0.191 e. The second-order valence-electron chi connectivity index (χ2n) is 5.84. The van der Waals surface area contributed by atoms with Gasteiger partial charge in [0.15, 0.2) is 11.7 Å². The molecule has 0 saturated heterocycles. The van der Waals surface area contributed by atoms with Crippen molar-refractivity contribution < 1.29 is 4.52 Å². The maximum Gasteiger partial charge on any atom is 0.191 e. The Kier molecular flexibility index (Phi) is 7.12. The molecule has 0 bridgehead atoms. The number of hydrogen-bond donors (Lipinski definition) is 2. The van der Waals surface area contributed by atoms with Gasteiger partial charge >= 0.3 is 0 Å². The van der Waals surface area contributed by atoms with Crippen LogP contribution in [0.25, 0.3) is 0 Å². The standard InChI is InChI=1S/C18H25ClN4O/c1-4-20-18(21-10-9-14-7-5-6-8-16(14)19)22-12-15-11-17(13(2)3)23-24-15/h5-8,11,13H,4,9-10,12H2,1-3H3,(H2,20,21,22). The third-order valence-electron chi connectivity index (χ3n) is 3.55. The molecule has 0 fully saturated rings. The third-order valence-corrected chi connectivity index (χ3v) is 3.92. The number of aromatic nitrogens is 1. The Bertz CT molecular complexity index is 667. The lowest BCUT2D eigenvalue weighted by Crippen LogP contribution is -2.38. The van der Waals surface area contributed by atoms with Crippen LogP contribution in [0.3, 0.4) is 0 Å². The molecular weight excluding hydrogens is 324 g/mol. The van der Waals surface area contributed by atoms with Crippen LogP contribution in [0.1, 0.15) is 43.7 Å². The fourth-order valence-electron chi connectivity index (χ4n) is 2.19. The Morgan fingerprint density at radius 3 is 2.75 bits per heavy atom. The first kappa shape index (κ1) is 18.3. The van der Waals surface area contributed by atoms with Crippen molar-refractivity contribution >= 4 is 17.6 Å². The number of aliphatic imine (C=N–C) groups is 1. The summed E-state index contributed by atoms with van der Waals surface area (Å²) in [6, 6.07) is 9.84. The van der Waals surface area contributed by atoms with Crippen LogP contribution in [-0.4, -0.2) is 24.2 Å². The molecule has 0 atom stereocenters. The largest absolute Gasteiger partial charge is 0.359 e. The SMILES string of the molecule is CCNC(=NCc1cc(C(C)C)no1)NCCc1ccccc1Cl. The minimum absolute atomic E-state index is 0.355. The number of nitrogens with zero attached hydrogens (tertiary/aromatic N) is 2. The number of benzene rings is 1. The van der Waals surface area contributed by atoms with Gasteiger partial charge in [0.1, 0.15) is 6.54 Å². The molecule has 0 radical (unpaired) electrons. The second kappa shape index (κ2) is 9.33. The molecule has 0 aliphatic carbocycles. The maximum absolute atomic E-state index is 6.18. The van der Waals surface area contributed by atoms with Crippen LogP contribution >= 0.6 is 11.6 Å². The molecule has 2 N–H and O–H groups in total. The number of hydrogen-bond acceptors (Lipinski definition) is 3. The summed E-state index contributed by atoms with van der Waals surface area (Å²) in [6.07, 6.45) is 0.837. The summed E-state index contributed by atoms with van der Waals surface area (Å²) in [5.74, 6) is 1.88. The minimum Gasteiger partial charge on any atom is -0.359 e. The van der Waals surface area contributed by atoms with Crippen molar-refractivity contribution in [2.45, 2.75) is 39.7 Å². The van der Waals surface area contributed by atoms with Crippen molar-refractivity contribution in [3.05, 3.63) is 52.4 Å². The summed E-state index contributed by atoms with van der Waals surface area (Å²) in [6.45, 7) is 8.23. The van der Waals surface area contributed by atoms with Crippen molar-refractivity contribution in [3.63, 3.8) is 0 Å². The Morgan fingerprint density at radius 1 is 1.29 bits per heavy atom. The van der Waals surface area contributed by atoms with E-state index in [9.17, 15) is 0 Å². The summed E-state index contributed by atoms with van der Waals surface area (Å²) in [7, 11) is 0. The lowest BCUT2D eigenvalue weighted by atomic mass is 10.1. The monoisotopic (exact) mass is 348 g/mol. The van der Waals surface area contributed by atoms with Crippen molar-refractivity contribution in [2.75, 3.05) is 13.1 Å². The first-order valence-corrected chi connectivity index (χ1v) is 8.69. The van der Waals surface area contributed by atoms with Crippen LogP contribution in [-0.2, 0) is 13.0 Å². The van der Waals surface area contributed by atoms with Gasteiger partial charge in [-0.3, -0.25) is 0 Å². The molecule has 0 aliphatic rings.